The van der Waals surface area contributed by atoms with Crippen molar-refractivity contribution in [3.8, 4) is 0 Å². The Labute approximate surface area is 50.1 Å². The highest BCUT2D eigenvalue weighted by atomic mass is 16.3. The fourth-order valence-electron chi connectivity index (χ4n) is 1.07. The zero-order valence-electron chi connectivity index (χ0n) is 5.46. The minimum absolute atomic E-state index is 0.0833. The van der Waals surface area contributed by atoms with Crippen LogP contribution in [0.5, 0.6) is 0 Å². The monoisotopic (exact) mass is 115 g/mol. The van der Waals surface area contributed by atoms with Gasteiger partial charge in [-0.3, -0.25) is 0 Å². The molecule has 1 aliphatic heterocycles. The van der Waals surface area contributed by atoms with Crippen LogP contribution in [0.2, 0.25) is 0 Å². The van der Waals surface area contributed by atoms with Gasteiger partial charge in [-0.15, -0.1) is 0 Å². The molecule has 0 bridgehead atoms. The Hall–Kier alpha value is -0.0800. The van der Waals surface area contributed by atoms with Gasteiger partial charge in [-0.25, -0.2) is 0 Å². The number of hydrogen-bond donors (Lipinski definition) is 1. The van der Waals surface area contributed by atoms with E-state index in [2.05, 4.69) is 11.8 Å². The van der Waals surface area contributed by atoms with Gasteiger partial charge < -0.3 is 10.0 Å². The van der Waals surface area contributed by atoms with Crippen LogP contribution in [0, 0.1) is 0 Å². The third-order valence-corrected chi connectivity index (χ3v) is 2.03. The van der Waals surface area contributed by atoms with Crippen molar-refractivity contribution in [2.75, 3.05) is 13.6 Å². The normalized spacial score (nSPS) is 40.9. The molecule has 1 N–H and O–H groups in total. The molecule has 1 aliphatic rings. The van der Waals surface area contributed by atoms with E-state index in [9.17, 15) is 0 Å². The second kappa shape index (κ2) is 2.03. The molecule has 1 fully saturated rings. The van der Waals surface area contributed by atoms with Crippen molar-refractivity contribution in [3.05, 3.63) is 0 Å². The molecule has 0 amide bonds. The van der Waals surface area contributed by atoms with Crippen molar-refractivity contribution in [1.29, 1.82) is 0 Å². The highest BCUT2D eigenvalue weighted by Gasteiger charge is 2.25. The van der Waals surface area contributed by atoms with Gasteiger partial charge in [0.15, 0.2) is 0 Å². The number of hydrogen-bond acceptors (Lipinski definition) is 2. The summed E-state index contributed by atoms with van der Waals surface area (Å²) < 4.78 is 0. The molecule has 0 aromatic carbocycles. The maximum atomic E-state index is 9.13. The summed E-state index contributed by atoms with van der Waals surface area (Å²) in [5.41, 5.74) is 0. The van der Waals surface area contributed by atoms with Crippen LogP contribution in [-0.2, 0) is 0 Å². The first kappa shape index (κ1) is 6.05. The molecule has 1 heterocycles. The lowest BCUT2D eigenvalue weighted by Crippen LogP contribution is -2.28. The summed E-state index contributed by atoms with van der Waals surface area (Å²) in [4.78, 5) is 2.17. The van der Waals surface area contributed by atoms with Gasteiger partial charge in [0.2, 0.25) is 0 Å². The Morgan fingerprint density at radius 3 is 2.38 bits per heavy atom. The number of likely N-dealkylation sites (tertiary alicyclic amines) is 1. The number of aliphatic hydroxyl groups excluding tert-OH is 1. The van der Waals surface area contributed by atoms with Crippen LogP contribution in [0.15, 0.2) is 0 Å². The van der Waals surface area contributed by atoms with Gasteiger partial charge in [-0.05, 0) is 20.4 Å². The largest absolute Gasteiger partial charge is 0.391 e. The van der Waals surface area contributed by atoms with Gasteiger partial charge in [-0.2, -0.15) is 0 Å². The quantitative estimate of drug-likeness (QED) is 0.483. The van der Waals surface area contributed by atoms with Gasteiger partial charge in [-0.1, -0.05) is 0 Å². The molecule has 0 aliphatic carbocycles. The minimum Gasteiger partial charge on any atom is -0.391 e. The molecular weight excluding hydrogens is 102 g/mol. The first-order chi connectivity index (χ1) is 3.72. The Kier molecular flexibility index (Phi) is 1.54. The highest BCUT2D eigenvalue weighted by Crippen LogP contribution is 2.13. The van der Waals surface area contributed by atoms with Crippen LogP contribution in [0.3, 0.4) is 0 Å². The lowest BCUT2D eigenvalue weighted by molar-refractivity contribution is 0.137. The number of nitrogens with zero attached hydrogens (tertiary/aromatic N) is 1. The summed E-state index contributed by atoms with van der Waals surface area (Å²) in [6, 6.07) is 0.370. The van der Waals surface area contributed by atoms with E-state index in [1.807, 2.05) is 7.05 Å². The minimum atomic E-state index is -0.0833. The lowest BCUT2D eigenvalue weighted by Gasteiger charge is -2.15. The fourth-order valence-corrected chi connectivity index (χ4v) is 1.07. The van der Waals surface area contributed by atoms with Gasteiger partial charge in [0.05, 0.1) is 6.10 Å². The summed E-state index contributed by atoms with van der Waals surface area (Å²) in [6.07, 6.45) is 0.859. The molecule has 8 heavy (non-hydrogen) atoms. The second-order valence-corrected chi connectivity index (χ2v) is 2.58. The van der Waals surface area contributed by atoms with Gasteiger partial charge in [0.25, 0.3) is 0 Å². The molecule has 1 saturated heterocycles. The molecule has 48 valence electrons. The van der Waals surface area contributed by atoms with Gasteiger partial charge >= 0.3 is 0 Å². The van der Waals surface area contributed by atoms with Crippen LogP contribution in [0.1, 0.15) is 13.3 Å². The zero-order valence-corrected chi connectivity index (χ0v) is 5.46. The second-order valence-electron chi connectivity index (χ2n) is 2.58. The summed E-state index contributed by atoms with van der Waals surface area (Å²) in [7, 11) is 2.04. The Bertz CT molecular complexity index is 74.6. The maximum absolute atomic E-state index is 9.13. The summed E-state index contributed by atoms with van der Waals surface area (Å²) in [6.45, 7) is 3.10. The van der Waals surface area contributed by atoms with E-state index in [1.165, 1.54) is 0 Å². The third kappa shape index (κ3) is 0.858. The molecule has 0 saturated carbocycles. The van der Waals surface area contributed by atoms with Gasteiger partial charge in [0, 0.05) is 12.6 Å². The van der Waals surface area contributed by atoms with E-state index >= 15 is 0 Å². The molecule has 2 nitrogen and oxygen atoms in total. The summed E-state index contributed by atoms with van der Waals surface area (Å²) in [5, 5.41) is 9.13. The number of aliphatic hydroxyl groups is 1. The number of likely N-dealkylation sites (N-methyl/N-ethyl adjacent to an activating group) is 1. The first-order valence-corrected chi connectivity index (χ1v) is 3.10. The Morgan fingerprint density at radius 2 is 2.25 bits per heavy atom. The van der Waals surface area contributed by atoms with E-state index in [0.29, 0.717) is 6.04 Å². The Balaban J connectivity index is 2.44. The van der Waals surface area contributed by atoms with Crippen molar-refractivity contribution < 1.29 is 5.11 Å². The average molecular weight is 115 g/mol. The van der Waals surface area contributed by atoms with E-state index in [0.717, 1.165) is 13.0 Å². The van der Waals surface area contributed by atoms with Crippen LogP contribution in [0.4, 0.5) is 0 Å². The maximum Gasteiger partial charge on any atom is 0.0704 e. The van der Waals surface area contributed by atoms with Crippen molar-refractivity contribution in [2.45, 2.75) is 25.5 Å². The van der Waals surface area contributed by atoms with Crippen molar-refractivity contribution in [1.82, 2.24) is 4.90 Å². The number of rotatable bonds is 0. The molecule has 1 rings (SSSR count). The smallest absolute Gasteiger partial charge is 0.0704 e. The topological polar surface area (TPSA) is 23.5 Å². The Morgan fingerprint density at radius 1 is 1.62 bits per heavy atom. The molecule has 2 atom stereocenters. The molecule has 0 aromatic rings. The highest BCUT2D eigenvalue weighted by molar-refractivity contribution is 4.80. The van der Waals surface area contributed by atoms with Crippen molar-refractivity contribution in [2.24, 2.45) is 0 Å². The first-order valence-electron chi connectivity index (χ1n) is 3.10. The van der Waals surface area contributed by atoms with Crippen molar-refractivity contribution >= 4 is 0 Å². The van der Waals surface area contributed by atoms with Crippen LogP contribution < -0.4 is 0 Å². The lowest BCUT2D eigenvalue weighted by atomic mass is 10.2. The summed E-state index contributed by atoms with van der Waals surface area (Å²) in [5.74, 6) is 0. The third-order valence-electron chi connectivity index (χ3n) is 2.03. The van der Waals surface area contributed by atoms with E-state index in [-0.39, 0.29) is 6.10 Å². The average Bonchev–Trinajstić information content (AvgIpc) is 1.98. The van der Waals surface area contributed by atoms with Crippen molar-refractivity contribution in [3.63, 3.8) is 0 Å². The van der Waals surface area contributed by atoms with Crippen LogP contribution in [-0.4, -0.2) is 35.7 Å². The predicted molar refractivity (Wildman–Crippen MR) is 32.7 cm³/mol. The van der Waals surface area contributed by atoms with Gasteiger partial charge in [0.1, 0.15) is 0 Å². The molecule has 0 aromatic heterocycles. The van der Waals surface area contributed by atoms with E-state index in [4.69, 9.17) is 5.11 Å². The van der Waals surface area contributed by atoms with E-state index in [1.54, 1.807) is 0 Å². The standard InChI is InChI=1S/C6H13NO/c1-5-6(8)3-4-7(5)2/h5-6,8H,3-4H2,1-2H3/t5-,6?/m0/s1. The predicted octanol–water partition coefficient (Wildman–Crippen LogP) is 0.0713. The fraction of sp³-hybridized carbons (Fsp3) is 1.00. The van der Waals surface area contributed by atoms with E-state index < -0.39 is 0 Å². The molecule has 2 heteroatoms. The molecular formula is C6H13NO. The summed E-state index contributed by atoms with van der Waals surface area (Å²) >= 11 is 0. The van der Waals surface area contributed by atoms with Crippen LogP contribution >= 0.6 is 0 Å². The molecule has 0 spiro atoms. The van der Waals surface area contributed by atoms with Crippen LogP contribution in [0.25, 0.3) is 0 Å². The molecule has 1 unspecified atom stereocenters. The molecule has 0 radical (unpaired) electrons. The zero-order chi connectivity index (χ0) is 6.15. The SMILES string of the molecule is C[C@H]1C(O)CCN1C.